The summed E-state index contributed by atoms with van der Waals surface area (Å²) in [7, 11) is 0. The Bertz CT molecular complexity index is 92.5. The first-order valence-corrected chi connectivity index (χ1v) is 4.65. The van der Waals surface area contributed by atoms with Crippen LogP contribution >= 0.6 is 0 Å². The van der Waals surface area contributed by atoms with Crippen LogP contribution in [0.4, 0.5) is 0 Å². The van der Waals surface area contributed by atoms with Crippen LogP contribution < -0.4 is 5.32 Å². The van der Waals surface area contributed by atoms with Crippen LogP contribution in [0.3, 0.4) is 0 Å². The molecule has 0 saturated heterocycles. The van der Waals surface area contributed by atoms with Crippen molar-refractivity contribution in [2.24, 2.45) is 5.92 Å². The van der Waals surface area contributed by atoms with E-state index in [2.05, 4.69) is 19.2 Å². The zero-order chi connectivity index (χ0) is 9.40. The molecule has 0 aromatic rings. The number of aliphatic hydroxyl groups is 2. The van der Waals surface area contributed by atoms with Gasteiger partial charge in [-0.25, -0.2) is 0 Å². The Balaban J connectivity index is 3.17. The normalized spacial score (nSPS) is 11.5. The maximum Gasteiger partial charge on any atom is 0.0607 e. The summed E-state index contributed by atoms with van der Waals surface area (Å²) >= 11 is 0. The highest BCUT2D eigenvalue weighted by Crippen LogP contribution is 2.01. The lowest BCUT2D eigenvalue weighted by molar-refractivity contribution is 0.170. The Morgan fingerprint density at radius 1 is 1.17 bits per heavy atom. The first kappa shape index (κ1) is 11.9. The van der Waals surface area contributed by atoms with E-state index in [4.69, 9.17) is 10.2 Å². The quantitative estimate of drug-likeness (QED) is 0.490. The van der Waals surface area contributed by atoms with Crippen molar-refractivity contribution in [3.63, 3.8) is 0 Å². The van der Waals surface area contributed by atoms with Crippen molar-refractivity contribution in [3.8, 4) is 0 Å². The lowest BCUT2D eigenvalue weighted by Gasteiger charge is -2.13. The van der Waals surface area contributed by atoms with Gasteiger partial charge in [0.25, 0.3) is 0 Å². The number of hydrogen-bond donors (Lipinski definition) is 3. The largest absolute Gasteiger partial charge is 0.395 e. The number of nitrogens with one attached hydrogen (secondary N) is 1. The average Bonchev–Trinajstić information content (AvgIpc) is 2.04. The highest BCUT2D eigenvalue weighted by Gasteiger charge is 2.03. The summed E-state index contributed by atoms with van der Waals surface area (Å²) in [5.74, 6) is 0.730. The molecule has 0 aliphatic heterocycles. The molecule has 0 aliphatic carbocycles. The molecule has 0 radical (unpaired) electrons. The lowest BCUT2D eigenvalue weighted by Crippen LogP contribution is -2.36. The highest BCUT2D eigenvalue weighted by molar-refractivity contribution is 4.63. The van der Waals surface area contributed by atoms with Crippen molar-refractivity contribution in [1.29, 1.82) is 0 Å². The summed E-state index contributed by atoms with van der Waals surface area (Å²) in [5.41, 5.74) is 0. The smallest absolute Gasteiger partial charge is 0.0607 e. The third kappa shape index (κ3) is 6.58. The highest BCUT2D eigenvalue weighted by atomic mass is 16.3. The van der Waals surface area contributed by atoms with Crippen molar-refractivity contribution in [2.75, 3.05) is 19.8 Å². The van der Waals surface area contributed by atoms with Gasteiger partial charge in [-0.15, -0.1) is 0 Å². The van der Waals surface area contributed by atoms with Gasteiger partial charge >= 0.3 is 0 Å². The zero-order valence-electron chi connectivity index (χ0n) is 8.08. The van der Waals surface area contributed by atoms with E-state index in [1.807, 2.05) is 0 Å². The van der Waals surface area contributed by atoms with E-state index in [0.717, 1.165) is 18.9 Å². The van der Waals surface area contributed by atoms with Crippen molar-refractivity contribution in [3.05, 3.63) is 0 Å². The molecular weight excluding hydrogens is 154 g/mol. The predicted molar refractivity (Wildman–Crippen MR) is 50.0 cm³/mol. The summed E-state index contributed by atoms with van der Waals surface area (Å²) < 4.78 is 0. The van der Waals surface area contributed by atoms with Crippen LogP contribution in [-0.2, 0) is 0 Å². The van der Waals surface area contributed by atoms with E-state index in [1.54, 1.807) is 0 Å². The first-order chi connectivity index (χ1) is 5.70. The van der Waals surface area contributed by atoms with Crippen LogP contribution in [0.5, 0.6) is 0 Å². The fourth-order valence-corrected chi connectivity index (χ4v) is 1.00. The summed E-state index contributed by atoms with van der Waals surface area (Å²) in [6.45, 7) is 5.28. The molecule has 0 spiro atoms. The molecule has 0 atom stereocenters. The van der Waals surface area contributed by atoms with Gasteiger partial charge in [0.05, 0.1) is 19.3 Å². The predicted octanol–water partition coefficient (Wildman–Crippen LogP) is 0.365. The second kappa shape index (κ2) is 7.53. The molecule has 0 amide bonds. The van der Waals surface area contributed by atoms with E-state index in [1.165, 1.54) is 6.42 Å². The number of rotatable bonds is 7. The maximum absolute atomic E-state index is 8.71. The van der Waals surface area contributed by atoms with Crippen molar-refractivity contribution in [1.82, 2.24) is 5.32 Å². The molecule has 0 unspecified atom stereocenters. The minimum Gasteiger partial charge on any atom is -0.395 e. The average molecular weight is 175 g/mol. The topological polar surface area (TPSA) is 52.5 Å². The first-order valence-electron chi connectivity index (χ1n) is 4.65. The molecule has 12 heavy (non-hydrogen) atoms. The van der Waals surface area contributed by atoms with E-state index < -0.39 is 0 Å². The molecule has 3 nitrogen and oxygen atoms in total. The summed E-state index contributed by atoms with van der Waals surface area (Å²) in [5, 5.41) is 20.5. The maximum atomic E-state index is 8.71. The minimum absolute atomic E-state index is 0.0121. The summed E-state index contributed by atoms with van der Waals surface area (Å²) in [6, 6.07) is -0.142. The van der Waals surface area contributed by atoms with Crippen LogP contribution in [-0.4, -0.2) is 36.0 Å². The molecule has 74 valence electrons. The van der Waals surface area contributed by atoms with Gasteiger partial charge in [-0.2, -0.15) is 0 Å². The van der Waals surface area contributed by atoms with Gasteiger partial charge < -0.3 is 15.5 Å². The molecular formula is C9H21NO2. The molecule has 0 aliphatic rings. The zero-order valence-corrected chi connectivity index (χ0v) is 8.08. The molecule has 0 heterocycles. The standard InChI is InChI=1S/C9H21NO2/c1-8(2)4-3-5-10-9(6-11)7-12/h8-12H,3-7H2,1-2H3. The van der Waals surface area contributed by atoms with Gasteiger partial charge in [-0.1, -0.05) is 13.8 Å². The van der Waals surface area contributed by atoms with Crippen molar-refractivity contribution < 1.29 is 10.2 Å². The Labute approximate surface area is 74.8 Å². The Morgan fingerprint density at radius 3 is 2.17 bits per heavy atom. The fraction of sp³-hybridized carbons (Fsp3) is 1.00. The third-order valence-electron chi connectivity index (χ3n) is 1.83. The van der Waals surface area contributed by atoms with Crippen LogP contribution in [0.1, 0.15) is 26.7 Å². The number of hydrogen-bond acceptors (Lipinski definition) is 3. The second-order valence-corrected chi connectivity index (χ2v) is 3.55. The molecule has 0 rings (SSSR count). The van der Waals surface area contributed by atoms with Gasteiger partial charge in [-0.05, 0) is 25.3 Å². The molecule has 0 bridgehead atoms. The second-order valence-electron chi connectivity index (χ2n) is 3.55. The summed E-state index contributed by atoms with van der Waals surface area (Å²) in [4.78, 5) is 0. The third-order valence-corrected chi connectivity index (χ3v) is 1.83. The molecule has 3 N–H and O–H groups in total. The van der Waals surface area contributed by atoms with E-state index in [0.29, 0.717) is 0 Å². The Morgan fingerprint density at radius 2 is 1.75 bits per heavy atom. The van der Waals surface area contributed by atoms with E-state index >= 15 is 0 Å². The van der Waals surface area contributed by atoms with Gasteiger partial charge in [0.2, 0.25) is 0 Å². The van der Waals surface area contributed by atoms with Crippen molar-refractivity contribution in [2.45, 2.75) is 32.7 Å². The minimum atomic E-state index is -0.142. The molecule has 3 heteroatoms. The molecule has 0 aromatic carbocycles. The van der Waals surface area contributed by atoms with Crippen LogP contribution in [0.2, 0.25) is 0 Å². The summed E-state index contributed by atoms with van der Waals surface area (Å²) in [6.07, 6.45) is 2.30. The van der Waals surface area contributed by atoms with E-state index in [9.17, 15) is 0 Å². The monoisotopic (exact) mass is 175 g/mol. The van der Waals surface area contributed by atoms with Crippen LogP contribution in [0, 0.1) is 5.92 Å². The van der Waals surface area contributed by atoms with Crippen LogP contribution in [0.15, 0.2) is 0 Å². The van der Waals surface area contributed by atoms with E-state index in [-0.39, 0.29) is 19.3 Å². The lowest BCUT2D eigenvalue weighted by atomic mass is 10.1. The van der Waals surface area contributed by atoms with Gasteiger partial charge in [-0.3, -0.25) is 0 Å². The SMILES string of the molecule is CC(C)CCCNC(CO)CO. The van der Waals surface area contributed by atoms with Gasteiger partial charge in [0.15, 0.2) is 0 Å². The molecule has 0 fully saturated rings. The number of aliphatic hydroxyl groups excluding tert-OH is 2. The van der Waals surface area contributed by atoms with Gasteiger partial charge in [0, 0.05) is 0 Å². The molecule has 0 aromatic heterocycles. The fourth-order valence-electron chi connectivity index (χ4n) is 1.00. The van der Waals surface area contributed by atoms with Crippen LogP contribution in [0.25, 0.3) is 0 Å². The van der Waals surface area contributed by atoms with Crippen molar-refractivity contribution >= 4 is 0 Å². The Kier molecular flexibility index (Phi) is 7.45. The Hall–Kier alpha value is -0.120. The molecule has 0 saturated carbocycles. The van der Waals surface area contributed by atoms with Gasteiger partial charge in [0.1, 0.15) is 0 Å².